The van der Waals surface area contributed by atoms with E-state index in [9.17, 15) is 9.59 Å². The molecule has 0 radical (unpaired) electrons. The molecule has 2 amide bonds. The van der Waals surface area contributed by atoms with Crippen molar-refractivity contribution >= 4 is 17.5 Å². The number of aliphatic hydroxyl groups excluding tert-OH is 1. The molecule has 0 aliphatic carbocycles. The van der Waals surface area contributed by atoms with Gasteiger partial charge < -0.3 is 15.3 Å². The first-order valence-electron chi connectivity index (χ1n) is 7.49. The number of hydrogen-bond acceptors (Lipinski definition) is 3. The van der Waals surface area contributed by atoms with E-state index in [0.717, 1.165) is 24.1 Å². The van der Waals surface area contributed by atoms with E-state index in [4.69, 9.17) is 5.11 Å². The number of aliphatic hydroxyl groups is 1. The maximum Gasteiger partial charge on any atom is 0.232 e. The van der Waals surface area contributed by atoms with Crippen molar-refractivity contribution in [3.8, 4) is 0 Å². The third kappa shape index (κ3) is 2.65. The van der Waals surface area contributed by atoms with Crippen molar-refractivity contribution in [1.82, 2.24) is 4.90 Å². The lowest BCUT2D eigenvalue weighted by molar-refractivity contribution is -0.133. The van der Waals surface area contributed by atoms with Gasteiger partial charge in [-0.15, -0.1) is 0 Å². The van der Waals surface area contributed by atoms with Crippen LogP contribution >= 0.6 is 0 Å². The van der Waals surface area contributed by atoms with Gasteiger partial charge in [-0.1, -0.05) is 18.2 Å². The average molecular weight is 288 g/mol. The molecular formula is C16H20N2O3. The third-order valence-corrected chi connectivity index (χ3v) is 4.53. The number of piperidine rings is 1. The van der Waals surface area contributed by atoms with Gasteiger partial charge in [0.2, 0.25) is 11.8 Å². The number of nitrogens with one attached hydrogen (secondary N) is 1. The van der Waals surface area contributed by atoms with Crippen LogP contribution in [0.2, 0.25) is 0 Å². The molecule has 0 aromatic heterocycles. The Labute approximate surface area is 123 Å². The highest BCUT2D eigenvalue weighted by molar-refractivity contribution is 6.03. The molecule has 0 saturated carbocycles. The smallest absolute Gasteiger partial charge is 0.232 e. The van der Waals surface area contributed by atoms with Crippen LogP contribution in [0.3, 0.4) is 0 Å². The summed E-state index contributed by atoms with van der Waals surface area (Å²) in [7, 11) is 0. The fourth-order valence-electron chi connectivity index (χ4n) is 3.44. The summed E-state index contributed by atoms with van der Waals surface area (Å²) in [6, 6.07) is 7.85. The van der Waals surface area contributed by atoms with Gasteiger partial charge >= 0.3 is 0 Å². The zero-order chi connectivity index (χ0) is 14.8. The quantitative estimate of drug-likeness (QED) is 0.882. The van der Waals surface area contributed by atoms with E-state index in [2.05, 4.69) is 5.32 Å². The standard InChI is InChI=1S/C16H20N2O3/c19-10-7-14(20)18-8-5-11(6-9-18)15-12-3-1-2-4-13(12)17-16(15)21/h1-4,11,15,19H,5-10H2,(H,17,21). The summed E-state index contributed by atoms with van der Waals surface area (Å²) >= 11 is 0. The van der Waals surface area contributed by atoms with E-state index in [1.54, 1.807) is 4.90 Å². The number of nitrogens with zero attached hydrogens (tertiary/aromatic N) is 1. The van der Waals surface area contributed by atoms with Gasteiger partial charge in [-0.3, -0.25) is 9.59 Å². The predicted octanol–water partition coefficient (Wildman–Crippen LogP) is 1.34. The molecule has 1 saturated heterocycles. The number of hydrogen-bond donors (Lipinski definition) is 2. The molecule has 2 aliphatic rings. The largest absolute Gasteiger partial charge is 0.396 e. The molecule has 2 heterocycles. The summed E-state index contributed by atoms with van der Waals surface area (Å²) in [5.74, 6) is 0.284. The highest BCUT2D eigenvalue weighted by Crippen LogP contribution is 2.41. The maximum absolute atomic E-state index is 12.2. The van der Waals surface area contributed by atoms with E-state index in [1.807, 2.05) is 24.3 Å². The van der Waals surface area contributed by atoms with Crippen LogP contribution in [0.5, 0.6) is 0 Å². The number of fused-ring (bicyclic) bond motifs is 1. The molecule has 0 bridgehead atoms. The van der Waals surface area contributed by atoms with Gasteiger partial charge in [0.25, 0.3) is 0 Å². The lowest BCUT2D eigenvalue weighted by Gasteiger charge is -2.34. The molecule has 1 aromatic carbocycles. The van der Waals surface area contributed by atoms with Gasteiger partial charge in [0.1, 0.15) is 0 Å². The Morgan fingerprint density at radius 1 is 1.29 bits per heavy atom. The Balaban J connectivity index is 1.67. The molecule has 0 spiro atoms. The lowest BCUT2D eigenvalue weighted by Crippen LogP contribution is -2.40. The van der Waals surface area contributed by atoms with Crippen molar-refractivity contribution in [1.29, 1.82) is 0 Å². The first-order chi connectivity index (χ1) is 10.2. The van der Waals surface area contributed by atoms with E-state index in [1.165, 1.54) is 0 Å². The van der Waals surface area contributed by atoms with Crippen LogP contribution in [0.4, 0.5) is 5.69 Å². The number of carbonyl (C=O) groups is 2. The van der Waals surface area contributed by atoms with Gasteiger partial charge in [0.05, 0.1) is 12.5 Å². The van der Waals surface area contributed by atoms with Crippen LogP contribution < -0.4 is 5.32 Å². The molecule has 21 heavy (non-hydrogen) atoms. The van der Waals surface area contributed by atoms with Crippen molar-refractivity contribution in [2.75, 3.05) is 25.0 Å². The number of benzene rings is 1. The Morgan fingerprint density at radius 2 is 2.00 bits per heavy atom. The Bertz CT molecular complexity index is 550. The minimum Gasteiger partial charge on any atom is -0.396 e. The summed E-state index contributed by atoms with van der Waals surface area (Å²) in [4.78, 5) is 25.8. The summed E-state index contributed by atoms with van der Waals surface area (Å²) in [6.07, 6.45) is 1.87. The van der Waals surface area contributed by atoms with Crippen LogP contribution in [0.25, 0.3) is 0 Å². The maximum atomic E-state index is 12.2. The number of amides is 2. The third-order valence-electron chi connectivity index (χ3n) is 4.53. The Hall–Kier alpha value is -1.88. The van der Waals surface area contributed by atoms with E-state index in [-0.39, 0.29) is 36.7 Å². The van der Waals surface area contributed by atoms with E-state index in [0.29, 0.717) is 13.1 Å². The summed E-state index contributed by atoms with van der Waals surface area (Å²) in [5, 5.41) is 11.8. The Kier molecular flexibility index (Phi) is 3.92. The number of anilines is 1. The minimum absolute atomic E-state index is 0.00669. The fraction of sp³-hybridized carbons (Fsp3) is 0.500. The summed E-state index contributed by atoms with van der Waals surface area (Å²) in [6.45, 7) is 1.25. The SMILES string of the molecule is O=C1Nc2ccccc2C1C1CCN(C(=O)CCO)CC1. The highest BCUT2D eigenvalue weighted by atomic mass is 16.3. The van der Waals surface area contributed by atoms with Crippen molar-refractivity contribution in [2.24, 2.45) is 5.92 Å². The average Bonchev–Trinajstić information content (AvgIpc) is 2.83. The molecule has 3 rings (SSSR count). The molecule has 1 atom stereocenters. The van der Waals surface area contributed by atoms with Crippen LogP contribution in [0.15, 0.2) is 24.3 Å². The zero-order valence-corrected chi connectivity index (χ0v) is 11.9. The minimum atomic E-state index is -0.100. The summed E-state index contributed by atoms with van der Waals surface area (Å²) in [5.41, 5.74) is 2.01. The van der Waals surface area contributed by atoms with Gasteiger partial charge in [-0.05, 0) is 30.4 Å². The molecule has 5 heteroatoms. The second-order valence-electron chi connectivity index (χ2n) is 5.75. The molecule has 2 aliphatic heterocycles. The van der Waals surface area contributed by atoms with Crippen molar-refractivity contribution < 1.29 is 14.7 Å². The summed E-state index contributed by atoms with van der Waals surface area (Å²) < 4.78 is 0. The van der Waals surface area contributed by atoms with Crippen molar-refractivity contribution in [3.05, 3.63) is 29.8 Å². The van der Waals surface area contributed by atoms with Crippen LogP contribution in [-0.4, -0.2) is 41.5 Å². The highest BCUT2D eigenvalue weighted by Gasteiger charge is 2.38. The van der Waals surface area contributed by atoms with Crippen LogP contribution in [0, 0.1) is 5.92 Å². The van der Waals surface area contributed by atoms with E-state index < -0.39 is 0 Å². The van der Waals surface area contributed by atoms with Gasteiger partial charge in [0.15, 0.2) is 0 Å². The zero-order valence-electron chi connectivity index (χ0n) is 11.9. The predicted molar refractivity (Wildman–Crippen MR) is 78.8 cm³/mol. The van der Waals surface area contributed by atoms with Gasteiger partial charge in [-0.2, -0.15) is 0 Å². The molecule has 2 N–H and O–H groups in total. The van der Waals surface area contributed by atoms with Crippen LogP contribution in [0.1, 0.15) is 30.7 Å². The van der Waals surface area contributed by atoms with Crippen molar-refractivity contribution in [3.63, 3.8) is 0 Å². The van der Waals surface area contributed by atoms with Crippen LogP contribution in [-0.2, 0) is 9.59 Å². The van der Waals surface area contributed by atoms with Crippen molar-refractivity contribution in [2.45, 2.75) is 25.2 Å². The Morgan fingerprint density at radius 3 is 2.71 bits per heavy atom. The number of likely N-dealkylation sites (tertiary alicyclic amines) is 1. The lowest BCUT2D eigenvalue weighted by atomic mass is 9.81. The van der Waals surface area contributed by atoms with E-state index >= 15 is 0 Å². The monoisotopic (exact) mass is 288 g/mol. The number of rotatable bonds is 3. The molecule has 1 aromatic rings. The molecule has 112 valence electrons. The van der Waals surface area contributed by atoms with Gasteiger partial charge in [-0.25, -0.2) is 0 Å². The molecule has 1 fully saturated rings. The fourth-order valence-corrected chi connectivity index (χ4v) is 3.44. The topological polar surface area (TPSA) is 69.6 Å². The first kappa shape index (κ1) is 14.1. The first-order valence-corrected chi connectivity index (χ1v) is 7.49. The molecule has 1 unspecified atom stereocenters. The normalized spacial score (nSPS) is 22.0. The number of para-hydroxylation sites is 1. The second-order valence-corrected chi connectivity index (χ2v) is 5.75. The molecule has 5 nitrogen and oxygen atoms in total. The van der Waals surface area contributed by atoms with Gasteiger partial charge in [0, 0.05) is 25.2 Å². The number of carbonyl (C=O) groups excluding carboxylic acids is 2. The second kappa shape index (κ2) is 5.85. The molecular weight excluding hydrogens is 268 g/mol.